The number of hydrogen-bond donors (Lipinski definition) is 7. The standard InChI is InChI=1S/C26H31N5O7.2C2HF3O2/c27-24(28)17-4-3-16(12-21(32)26(36)37)22(13-17)38-15-19(5-6-23(33)34)30-25(35)18-2-1-11-31(14-18)20-7-9-29-10-8-20;2*3-2(4,5)1(6)7/h3-4,7-10,13,18-19H,1-2,5-6,11-12,14-15H2,(H3,27,28)(H,30,35)(H,33,34)(H,36,37);2*(H,6,7)/t18?,19-;;/m1../s1. The number of halogens is 6. The van der Waals surface area contributed by atoms with Crippen molar-refractivity contribution in [2.75, 3.05) is 24.6 Å². The van der Waals surface area contributed by atoms with Crippen molar-refractivity contribution in [1.82, 2.24) is 10.3 Å². The van der Waals surface area contributed by atoms with Crippen molar-refractivity contribution in [3.8, 4) is 5.75 Å². The Morgan fingerprint density at radius 1 is 0.962 bits per heavy atom. The molecule has 1 aromatic carbocycles. The van der Waals surface area contributed by atoms with Crippen molar-refractivity contribution in [2.24, 2.45) is 11.7 Å². The van der Waals surface area contributed by atoms with Crippen molar-refractivity contribution >= 4 is 47.1 Å². The topological polar surface area (TPSA) is 271 Å². The molecule has 1 saturated heterocycles. The number of Topliss-reactive ketones (excluding diaryl/α,β-unsaturated/α-hetero) is 1. The van der Waals surface area contributed by atoms with E-state index in [1.165, 1.54) is 18.2 Å². The first kappa shape index (κ1) is 44.1. The number of anilines is 1. The van der Waals surface area contributed by atoms with Crippen LogP contribution in [-0.2, 0) is 35.2 Å². The van der Waals surface area contributed by atoms with Gasteiger partial charge in [-0.1, -0.05) is 12.1 Å². The minimum Gasteiger partial charge on any atom is -0.491 e. The molecule has 8 N–H and O–H groups in total. The SMILES string of the molecule is N=C(N)c1ccc(CC(=O)C(=O)O)c(OC[C@@H](CCC(=O)O)NC(=O)C2CCCN(c3ccncc3)C2)c1.O=C(O)C(F)(F)F.O=C(O)C(F)(F)F. The predicted octanol–water partition coefficient (Wildman–Crippen LogP) is 2.47. The molecule has 1 amide bonds. The smallest absolute Gasteiger partial charge is 0.490 e. The molecule has 1 aliphatic rings. The van der Waals surface area contributed by atoms with Crippen LogP contribution in [-0.4, -0.2) is 105 Å². The molecule has 1 aromatic heterocycles. The maximum absolute atomic E-state index is 13.2. The molecule has 0 aliphatic carbocycles. The van der Waals surface area contributed by atoms with Crippen molar-refractivity contribution in [3.05, 3.63) is 53.9 Å². The van der Waals surface area contributed by atoms with E-state index in [1.807, 2.05) is 12.1 Å². The highest BCUT2D eigenvalue weighted by molar-refractivity contribution is 6.33. The van der Waals surface area contributed by atoms with Gasteiger partial charge in [-0.3, -0.25) is 24.8 Å². The highest BCUT2D eigenvalue weighted by Crippen LogP contribution is 2.24. The summed E-state index contributed by atoms with van der Waals surface area (Å²) in [6.45, 7) is 1.18. The average Bonchev–Trinajstić information content (AvgIpc) is 3.06. The van der Waals surface area contributed by atoms with Gasteiger partial charge < -0.3 is 41.1 Å². The van der Waals surface area contributed by atoms with E-state index in [1.54, 1.807) is 12.4 Å². The summed E-state index contributed by atoms with van der Waals surface area (Å²) >= 11 is 0. The molecule has 52 heavy (non-hydrogen) atoms. The number of aliphatic carboxylic acids is 4. The maximum atomic E-state index is 13.2. The molecule has 2 aromatic rings. The molecule has 0 radical (unpaired) electrons. The molecule has 1 aliphatic heterocycles. The molecule has 2 atom stereocenters. The number of hydrogen-bond acceptors (Lipinski definition) is 10. The van der Waals surface area contributed by atoms with Crippen LogP contribution >= 0.6 is 0 Å². The number of nitrogens with one attached hydrogen (secondary N) is 2. The minimum atomic E-state index is -5.08. The van der Waals surface area contributed by atoms with Gasteiger partial charge in [0.05, 0.1) is 12.0 Å². The summed E-state index contributed by atoms with van der Waals surface area (Å²) in [4.78, 5) is 71.2. The van der Waals surface area contributed by atoms with Crippen LogP contribution in [0.15, 0.2) is 42.7 Å². The lowest BCUT2D eigenvalue weighted by Gasteiger charge is -2.34. The van der Waals surface area contributed by atoms with Crippen molar-refractivity contribution in [3.63, 3.8) is 0 Å². The number of piperidine rings is 1. The number of carbonyl (C=O) groups excluding carboxylic acids is 2. The molecule has 22 heteroatoms. The van der Waals surface area contributed by atoms with Crippen molar-refractivity contribution in [2.45, 2.75) is 50.5 Å². The first-order valence-electron chi connectivity index (χ1n) is 14.7. The second kappa shape index (κ2) is 20.0. The Labute approximate surface area is 289 Å². The zero-order valence-corrected chi connectivity index (χ0v) is 26.7. The molecule has 1 unspecified atom stereocenters. The average molecular weight is 754 g/mol. The third-order valence-electron chi connectivity index (χ3n) is 6.77. The van der Waals surface area contributed by atoms with Crippen LogP contribution in [0.5, 0.6) is 5.75 Å². The monoisotopic (exact) mass is 753 g/mol. The largest absolute Gasteiger partial charge is 0.491 e. The maximum Gasteiger partial charge on any atom is 0.490 e. The van der Waals surface area contributed by atoms with Crippen LogP contribution in [0, 0.1) is 11.3 Å². The lowest BCUT2D eigenvalue weighted by atomic mass is 9.96. The number of nitrogen functional groups attached to an aromatic ring is 1. The van der Waals surface area contributed by atoms with Gasteiger partial charge in [-0.05, 0) is 37.5 Å². The number of carbonyl (C=O) groups is 6. The summed E-state index contributed by atoms with van der Waals surface area (Å²) in [5, 5.41) is 43.0. The van der Waals surface area contributed by atoms with Gasteiger partial charge in [-0.25, -0.2) is 14.4 Å². The first-order chi connectivity index (χ1) is 24.0. The van der Waals surface area contributed by atoms with E-state index in [-0.39, 0.29) is 48.4 Å². The first-order valence-corrected chi connectivity index (χ1v) is 14.7. The molecule has 1 fully saturated rings. The Hall–Kier alpha value is -5.96. The Morgan fingerprint density at radius 2 is 1.52 bits per heavy atom. The summed E-state index contributed by atoms with van der Waals surface area (Å²) in [6, 6.07) is 7.43. The van der Waals surface area contributed by atoms with Gasteiger partial charge in [-0.15, -0.1) is 0 Å². The number of pyridine rings is 1. The summed E-state index contributed by atoms with van der Waals surface area (Å²) in [7, 11) is 0. The number of aromatic nitrogens is 1. The minimum absolute atomic E-state index is 0.0949. The van der Waals surface area contributed by atoms with E-state index in [4.69, 9.17) is 40.8 Å². The predicted molar refractivity (Wildman–Crippen MR) is 165 cm³/mol. The number of nitrogens with two attached hydrogens (primary N) is 1. The van der Waals surface area contributed by atoms with E-state index >= 15 is 0 Å². The van der Waals surface area contributed by atoms with Crippen LogP contribution < -0.4 is 20.7 Å². The molecule has 2 heterocycles. The number of ether oxygens (including phenoxy) is 1. The zero-order valence-electron chi connectivity index (χ0n) is 26.7. The van der Waals surface area contributed by atoms with Crippen molar-refractivity contribution < 1.29 is 80.3 Å². The van der Waals surface area contributed by atoms with Gasteiger partial charge in [0, 0.05) is 55.1 Å². The second-order valence-corrected chi connectivity index (χ2v) is 10.7. The van der Waals surface area contributed by atoms with Gasteiger partial charge in [0.15, 0.2) is 0 Å². The van der Waals surface area contributed by atoms with E-state index in [2.05, 4.69) is 15.2 Å². The molecule has 0 spiro atoms. The molecule has 16 nitrogen and oxygen atoms in total. The Kier molecular flexibility index (Phi) is 17.0. The molecular weight excluding hydrogens is 720 g/mol. The fraction of sp³-hybridized carbons (Fsp3) is 0.400. The number of rotatable bonds is 13. The molecule has 286 valence electrons. The molecule has 0 bridgehead atoms. The van der Waals surface area contributed by atoms with Gasteiger partial charge in [0.1, 0.15) is 18.2 Å². The number of benzene rings is 1. The number of alkyl halides is 6. The van der Waals surface area contributed by atoms with Gasteiger partial charge in [0.2, 0.25) is 11.7 Å². The third-order valence-corrected chi connectivity index (χ3v) is 6.77. The number of amidine groups is 1. The summed E-state index contributed by atoms with van der Waals surface area (Å²) in [5.74, 6) is -9.84. The normalized spacial score (nSPS) is 14.6. The van der Waals surface area contributed by atoms with E-state index < -0.39 is 54.5 Å². The van der Waals surface area contributed by atoms with E-state index in [0.717, 1.165) is 18.7 Å². The van der Waals surface area contributed by atoms with Crippen LogP contribution in [0.3, 0.4) is 0 Å². The quantitative estimate of drug-likeness (QED) is 0.0671. The second-order valence-electron chi connectivity index (χ2n) is 10.7. The molecule has 3 rings (SSSR count). The number of carboxylic acids is 4. The van der Waals surface area contributed by atoms with Gasteiger partial charge >= 0.3 is 36.2 Å². The zero-order chi connectivity index (χ0) is 39.8. The fourth-order valence-electron chi connectivity index (χ4n) is 4.24. The highest BCUT2D eigenvalue weighted by Gasteiger charge is 2.39. The Bertz CT molecular complexity index is 1570. The summed E-state index contributed by atoms with van der Waals surface area (Å²) in [6.07, 6.45) is -5.84. The third kappa shape index (κ3) is 16.2. The van der Waals surface area contributed by atoms with Crippen LogP contribution in [0.1, 0.15) is 36.8 Å². The lowest BCUT2D eigenvalue weighted by molar-refractivity contribution is -0.193. The molecular formula is C30H33F6N5O11. The van der Waals surface area contributed by atoms with Gasteiger partial charge in [-0.2, -0.15) is 26.3 Å². The van der Waals surface area contributed by atoms with E-state index in [9.17, 15) is 50.6 Å². The van der Waals surface area contributed by atoms with Gasteiger partial charge in [0.25, 0.3) is 0 Å². The van der Waals surface area contributed by atoms with Crippen LogP contribution in [0.2, 0.25) is 0 Å². The number of nitrogens with zero attached hydrogens (tertiary/aromatic N) is 2. The van der Waals surface area contributed by atoms with Crippen LogP contribution in [0.25, 0.3) is 0 Å². The van der Waals surface area contributed by atoms with E-state index in [0.29, 0.717) is 18.5 Å². The Morgan fingerprint density at radius 3 is 2.00 bits per heavy atom. The Balaban J connectivity index is 0.000000812. The summed E-state index contributed by atoms with van der Waals surface area (Å²) < 4.78 is 69.3. The lowest BCUT2D eigenvalue weighted by Crippen LogP contribution is -2.47. The molecule has 0 saturated carbocycles. The number of ketones is 1. The van der Waals surface area contributed by atoms with Crippen LogP contribution in [0.4, 0.5) is 32.0 Å². The fourth-order valence-corrected chi connectivity index (χ4v) is 4.24. The highest BCUT2D eigenvalue weighted by atomic mass is 19.4. The summed E-state index contributed by atoms with van der Waals surface area (Å²) in [5.41, 5.74) is 7.10. The van der Waals surface area contributed by atoms with Crippen molar-refractivity contribution in [1.29, 1.82) is 5.41 Å². The number of carboxylic acid groups (broad SMARTS) is 4. The number of amides is 1.